The lowest BCUT2D eigenvalue weighted by Gasteiger charge is -2.57. The van der Waals surface area contributed by atoms with Gasteiger partial charge in [-0.2, -0.15) is 0 Å². The van der Waals surface area contributed by atoms with Crippen molar-refractivity contribution in [1.82, 2.24) is 0 Å². The summed E-state index contributed by atoms with van der Waals surface area (Å²) in [5, 5.41) is 0. The lowest BCUT2D eigenvalue weighted by Crippen LogP contribution is -2.48. The van der Waals surface area contributed by atoms with Gasteiger partial charge in [0, 0.05) is 24.5 Å². The van der Waals surface area contributed by atoms with Crippen molar-refractivity contribution in [1.29, 1.82) is 0 Å². The van der Waals surface area contributed by atoms with Crippen LogP contribution in [0.25, 0.3) is 0 Å². The van der Waals surface area contributed by atoms with Crippen LogP contribution in [0, 0.1) is 24.7 Å². The molecular formula is C31H40N2. The van der Waals surface area contributed by atoms with Crippen LogP contribution in [-0.4, -0.2) is 18.8 Å². The summed E-state index contributed by atoms with van der Waals surface area (Å²) < 4.78 is 0. The Labute approximate surface area is 200 Å². The number of hydrogen-bond donors (Lipinski definition) is 0. The molecule has 2 aromatic rings. The molecule has 2 heteroatoms. The molecule has 0 amide bonds. The third-order valence-electron chi connectivity index (χ3n) is 9.89. The zero-order chi connectivity index (χ0) is 23.0. The number of hydrogen-bond acceptors (Lipinski definition) is 2. The second-order valence-corrected chi connectivity index (χ2v) is 12.7. The van der Waals surface area contributed by atoms with E-state index in [1.54, 1.807) is 5.56 Å². The molecule has 174 valence electrons. The van der Waals surface area contributed by atoms with Gasteiger partial charge < -0.3 is 4.90 Å². The Bertz CT molecular complexity index is 1060. The molecule has 5 aliphatic rings. The molecule has 4 fully saturated rings. The van der Waals surface area contributed by atoms with Crippen molar-refractivity contribution in [2.24, 2.45) is 22.7 Å². The lowest BCUT2D eigenvalue weighted by molar-refractivity contribution is -0.00518. The van der Waals surface area contributed by atoms with Gasteiger partial charge in [0.1, 0.15) is 0 Å². The highest BCUT2D eigenvalue weighted by Gasteiger charge is 2.51. The Morgan fingerprint density at radius 1 is 0.909 bits per heavy atom. The molecule has 1 heterocycles. The van der Waals surface area contributed by atoms with E-state index < -0.39 is 0 Å². The zero-order valence-corrected chi connectivity index (χ0v) is 21.2. The molecular weight excluding hydrogens is 400 g/mol. The largest absolute Gasteiger partial charge is 0.369 e. The molecule has 7 rings (SSSR count). The van der Waals surface area contributed by atoms with Gasteiger partial charge in [0.05, 0.1) is 5.69 Å². The van der Waals surface area contributed by atoms with E-state index in [0.29, 0.717) is 11.3 Å². The second kappa shape index (κ2) is 7.45. The van der Waals surface area contributed by atoms with E-state index in [2.05, 4.69) is 82.3 Å². The minimum Gasteiger partial charge on any atom is -0.369 e. The monoisotopic (exact) mass is 440 g/mol. The van der Waals surface area contributed by atoms with Crippen molar-refractivity contribution < 1.29 is 0 Å². The molecule has 0 saturated heterocycles. The van der Waals surface area contributed by atoms with Crippen LogP contribution in [0.5, 0.6) is 0 Å². The molecule has 0 aromatic heterocycles. The van der Waals surface area contributed by atoms with Gasteiger partial charge >= 0.3 is 0 Å². The Morgan fingerprint density at radius 2 is 1.52 bits per heavy atom. The maximum atomic E-state index is 4.91. The highest BCUT2D eigenvalue weighted by atomic mass is 15.2. The highest BCUT2D eigenvalue weighted by Crippen LogP contribution is 2.60. The van der Waals surface area contributed by atoms with Crippen molar-refractivity contribution in [3.05, 3.63) is 58.7 Å². The van der Waals surface area contributed by atoms with Crippen LogP contribution in [0.1, 0.15) is 93.9 Å². The smallest absolute Gasteiger partial charge is 0.0630 e. The molecule has 0 spiro atoms. The number of nitrogens with zero attached hydrogens (tertiary/aromatic N) is 2. The first-order valence-corrected chi connectivity index (χ1v) is 13.3. The minimum absolute atomic E-state index is 0.201. The second-order valence-electron chi connectivity index (χ2n) is 12.7. The fourth-order valence-electron chi connectivity index (χ4n) is 8.38. The van der Waals surface area contributed by atoms with E-state index in [1.807, 2.05) is 0 Å². The summed E-state index contributed by atoms with van der Waals surface area (Å²) in [7, 11) is 2.24. The Morgan fingerprint density at radius 3 is 2.12 bits per heavy atom. The highest BCUT2D eigenvalue weighted by molar-refractivity contribution is 5.86. The summed E-state index contributed by atoms with van der Waals surface area (Å²) >= 11 is 0. The van der Waals surface area contributed by atoms with Gasteiger partial charge in [-0.05, 0) is 141 Å². The molecule has 2 aromatic carbocycles. The van der Waals surface area contributed by atoms with Gasteiger partial charge in [-0.15, -0.1) is 0 Å². The van der Waals surface area contributed by atoms with Crippen LogP contribution in [0.2, 0.25) is 0 Å². The van der Waals surface area contributed by atoms with Gasteiger partial charge in [-0.1, -0.05) is 19.1 Å². The van der Waals surface area contributed by atoms with Crippen LogP contribution in [0.4, 0.5) is 11.4 Å². The molecule has 0 N–H and O–H groups in total. The Kier molecular flexibility index (Phi) is 4.84. The first-order valence-electron chi connectivity index (χ1n) is 13.3. The number of benzene rings is 2. The number of aryl methyl sites for hydroxylation is 1. The van der Waals surface area contributed by atoms with Crippen LogP contribution in [-0.2, 0) is 5.41 Å². The van der Waals surface area contributed by atoms with Crippen LogP contribution < -0.4 is 4.90 Å². The van der Waals surface area contributed by atoms with E-state index in [1.165, 1.54) is 67.3 Å². The third kappa shape index (κ3) is 3.56. The lowest BCUT2D eigenvalue weighted by atomic mass is 9.48. The molecule has 4 saturated carbocycles. The van der Waals surface area contributed by atoms with E-state index in [9.17, 15) is 0 Å². The Balaban J connectivity index is 1.24. The van der Waals surface area contributed by atoms with Crippen LogP contribution in [0.15, 0.2) is 41.4 Å². The zero-order valence-electron chi connectivity index (χ0n) is 21.2. The number of anilines is 1. The predicted molar refractivity (Wildman–Crippen MR) is 140 cm³/mol. The summed E-state index contributed by atoms with van der Waals surface area (Å²) in [6.07, 6.45) is 12.1. The van der Waals surface area contributed by atoms with Crippen molar-refractivity contribution in [3.8, 4) is 0 Å². The maximum absolute atomic E-state index is 4.91. The summed E-state index contributed by atoms with van der Waals surface area (Å²) in [6, 6.07) is 14.1. The van der Waals surface area contributed by atoms with E-state index in [4.69, 9.17) is 4.99 Å². The summed E-state index contributed by atoms with van der Waals surface area (Å²) in [5.74, 6) is 3.55. The maximum Gasteiger partial charge on any atom is 0.0630 e. The van der Waals surface area contributed by atoms with Crippen molar-refractivity contribution in [2.75, 3.05) is 11.9 Å². The van der Waals surface area contributed by atoms with Crippen molar-refractivity contribution >= 4 is 17.6 Å². The molecule has 0 radical (unpaired) electrons. The van der Waals surface area contributed by atoms with Gasteiger partial charge in [0.25, 0.3) is 0 Å². The van der Waals surface area contributed by atoms with Crippen LogP contribution in [0.3, 0.4) is 0 Å². The average molecular weight is 441 g/mol. The van der Waals surface area contributed by atoms with Gasteiger partial charge in [-0.25, -0.2) is 0 Å². The number of fused-ring (bicyclic) bond motifs is 1. The molecule has 2 nitrogen and oxygen atoms in total. The predicted octanol–water partition coefficient (Wildman–Crippen LogP) is 7.94. The normalized spacial score (nSPS) is 34.2. The van der Waals surface area contributed by atoms with Gasteiger partial charge in [-0.3, -0.25) is 4.99 Å². The first kappa shape index (κ1) is 21.4. The summed E-state index contributed by atoms with van der Waals surface area (Å²) in [5.41, 5.74) is 8.74. The van der Waals surface area contributed by atoms with E-state index in [-0.39, 0.29) is 5.54 Å². The van der Waals surface area contributed by atoms with E-state index in [0.717, 1.165) is 23.4 Å². The SMILES string of the molecule is Cc1cc2c(cc1C=Nc1ccc(C34CC5CC(CC(C5)C3)C4)cc1)C(C)CC(C)(C)N2C. The minimum atomic E-state index is 0.201. The average Bonchev–Trinajstić information content (AvgIpc) is 2.76. The first-order chi connectivity index (χ1) is 15.7. The van der Waals surface area contributed by atoms with Gasteiger partial charge in [0.2, 0.25) is 0 Å². The summed E-state index contributed by atoms with van der Waals surface area (Å²) in [4.78, 5) is 7.37. The number of aliphatic imine (C=N–C) groups is 1. The molecule has 1 unspecified atom stereocenters. The Hall–Kier alpha value is -2.09. The molecule has 1 aliphatic heterocycles. The molecule has 4 bridgehead atoms. The fraction of sp³-hybridized carbons (Fsp3) is 0.581. The molecule has 4 aliphatic carbocycles. The topological polar surface area (TPSA) is 15.6 Å². The van der Waals surface area contributed by atoms with Crippen molar-refractivity contribution in [3.63, 3.8) is 0 Å². The molecule has 33 heavy (non-hydrogen) atoms. The van der Waals surface area contributed by atoms with Gasteiger partial charge in [0.15, 0.2) is 0 Å². The van der Waals surface area contributed by atoms with Crippen LogP contribution >= 0.6 is 0 Å². The quantitative estimate of drug-likeness (QED) is 0.442. The van der Waals surface area contributed by atoms with E-state index >= 15 is 0 Å². The van der Waals surface area contributed by atoms with Crippen molar-refractivity contribution in [2.45, 2.75) is 89.5 Å². The summed E-state index contributed by atoms with van der Waals surface area (Å²) in [6.45, 7) is 9.29. The standard InChI is InChI=1S/C31H40N2/c1-20-10-29-28(21(2)15-30(3,4)33(29)5)14-25(20)19-32-27-8-6-26(7-9-27)31-16-22-11-23(17-31)13-24(12-22)18-31/h6-10,14,19,21-24H,11-13,15-18H2,1-5H3. The number of rotatable bonds is 3. The molecule has 1 atom stereocenters. The third-order valence-corrected chi connectivity index (χ3v) is 9.89. The fourth-order valence-corrected chi connectivity index (χ4v) is 8.38.